The number of rotatable bonds is 5. The molecule has 138 valence electrons. The maximum atomic E-state index is 13.3. The van der Waals surface area contributed by atoms with Gasteiger partial charge in [-0.15, -0.1) is 0 Å². The van der Waals surface area contributed by atoms with Crippen LogP contribution < -0.4 is 9.75 Å². The summed E-state index contributed by atoms with van der Waals surface area (Å²) in [4.78, 5) is 25.6. The summed E-state index contributed by atoms with van der Waals surface area (Å²) in [7, 11) is 0. The van der Waals surface area contributed by atoms with Crippen LogP contribution in [0, 0.1) is 5.92 Å². The monoisotopic (exact) mass is 357 g/mol. The highest BCUT2D eigenvalue weighted by Crippen LogP contribution is 2.27. The molecule has 0 aromatic carbocycles. The standard InChI is InChI=1S/C18H23N5O3/c1-13-2-4-14(5-3-13)23(22-7-6-19-12-22)18(24)16-8-17(21-11-20-16)26-15-9-25-10-15/h6-8,11-15H,2-5,9-10H2,1H3. The third-order valence-corrected chi connectivity index (χ3v) is 5.03. The summed E-state index contributed by atoms with van der Waals surface area (Å²) in [5.41, 5.74) is 0.322. The van der Waals surface area contributed by atoms with Crippen molar-refractivity contribution in [1.82, 2.24) is 19.6 Å². The van der Waals surface area contributed by atoms with Gasteiger partial charge in [0.25, 0.3) is 5.91 Å². The molecular formula is C18H23N5O3. The number of ether oxygens (including phenoxy) is 2. The lowest BCUT2D eigenvalue weighted by molar-refractivity contribution is -0.0814. The summed E-state index contributed by atoms with van der Waals surface area (Å²) in [5.74, 6) is 0.939. The zero-order valence-electron chi connectivity index (χ0n) is 14.8. The largest absolute Gasteiger partial charge is 0.469 e. The molecule has 1 amide bonds. The van der Waals surface area contributed by atoms with Crippen molar-refractivity contribution in [2.45, 2.75) is 44.8 Å². The number of hydrogen-bond acceptors (Lipinski definition) is 6. The molecule has 2 aromatic rings. The number of hydrogen-bond donors (Lipinski definition) is 0. The summed E-state index contributed by atoms with van der Waals surface area (Å²) in [5, 5.41) is 1.76. The highest BCUT2D eigenvalue weighted by atomic mass is 16.6. The second-order valence-electron chi connectivity index (χ2n) is 7.02. The Bertz CT molecular complexity index is 739. The van der Waals surface area contributed by atoms with Crippen molar-refractivity contribution in [3.63, 3.8) is 0 Å². The van der Waals surface area contributed by atoms with Gasteiger partial charge in [-0.1, -0.05) is 6.92 Å². The zero-order chi connectivity index (χ0) is 17.9. The summed E-state index contributed by atoms with van der Waals surface area (Å²) < 4.78 is 12.6. The summed E-state index contributed by atoms with van der Waals surface area (Å²) in [6.45, 7) is 3.36. The normalized spacial score (nSPS) is 23.3. The van der Waals surface area contributed by atoms with E-state index in [0.29, 0.717) is 30.7 Å². The maximum Gasteiger partial charge on any atom is 0.291 e. The van der Waals surface area contributed by atoms with Crippen LogP contribution in [0.15, 0.2) is 31.1 Å². The Hall–Kier alpha value is -2.48. The van der Waals surface area contributed by atoms with Gasteiger partial charge in [0.15, 0.2) is 0 Å². The molecule has 0 atom stereocenters. The van der Waals surface area contributed by atoms with Gasteiger partial charge in [0, 0.05) is 18.5 Å². The average molecular weight is 357 g/mol. The van der Waals surface area contributed by atoms with E-state index in [9.17, 15) is 4.79 Å². The molecule has 2 fully saturated rings. The van der Waals surface area contributed by atoms with Crippen molar-refractivity contribution < 1.29 is 14.3 Å². The first-order valence-electron chi connectivity index (χ1n) is 9.09. The molecule has 0 bridgehead atoms. The number of carbonyl (C=O) groups is 1. The van der Waals surface area contributed by atoms with E-state index in [1.165, 1.54) is 6.33 Å². The van der Waals surface area contributed by atoms with Crippen LogP contribution in [-0.2, 0) is 4.74 Å². The van der Waals surface area contributed by atoms with Crippen LogP contribution in [0.1, 0.15) is 43.1 Å². The third-order valence-electron chi connectivity index (χ3n) is 5.03. The lowest BCUT2D eigenvalue weighted by atomic mass is 9.87. The first kappa shape index (κ1) is 17.0. The summed E-state index contributed by atoms with van der Waals surface area (Å²) >= 11 is 0. The highest BCUT2D eigenvalue weighted by molar-refractivity contribution is 6.00. The molecule has 2 aromatic heterocycles. The molecule has 2 aliphatic rings. The third kappa shape index (κ3) is 3.55. The molecule has 0 N–H and O–H groups in total. The Balaban J connectivity index is 1.57. The van der Waals surface area contributed by atoms with Gasteiger partial charge >= 0.3 is 0 Å². The van der Waals surface area contributed by atoms with Crippen molar-refractivity contribution in [2.24, 2.45) is 5.92 Å². The lowest BCUT2D eigenvalue weighted by Gasteiger charge is -2.36. The van der Waals surface area contributed by atoms with Crippen LogP contribution in [0.5, 0.6) is 5.88 Å². The molecule has 1 saturated carbocycles. The number of amides is 1. The molecule has 1 saturated heterocycles. The van der Waals surface area contributed by atoms with Gasteiger partial charge < -0.3 is 9.47 Å². The molecular weight excluding hydrogens is 334 g/mol. The van der Waals surface area contributed by atoms with Crippen LogP contribution in [0.2, 0.25) is 0 Å². The molecule has 8 nitrogen and oxygen atoms in total. The predicted octanol–water partition coefficient (Wildman–Crippen LogP) is 1.81. The van der Waals surface area contributed by atoms with Crippen LogP contribution in [-0.4, -0.2) is 50.9 Å². The second kappa shape index (κ2) is 7.41. The zero-order valence-corrected chi connectivity index (χ0v) is 14.8. The van der Waals surface area contributed by atoms with Crippen LogP contribution >= 0.6 is 0 Å². The molecule has 3 heterocycles. The highest BCUT2D eigenvalue weighted by Gasteiger charge is 2.31. The Morgan fingerprint density at radius 2 is 2.08 bits per heavy atom. The van der Waals surface area contributed by atoms with E-state index in [1.54, 1.807) is 34.5 Å². The smallest absolute Gasteiger partial charge is 0.291 e. The Kier molecular flexibility index (Phi) is 4.83. The van der Waals surface area contributed by atoms with E-state index in [2.05, 4.69) is 21.9 Å². The Morgan fingerprint density at radius 3 is 2.73 bits per heavy atom. The maximum absolute atomic E-state index is 13.3. The Labute approximate surface area is 152 Å². The van der Waals surface area contributed by atoms with E-state index in [0.717, 1.165) is 25.7 Å². The number of imidazole rings is 1. The van der Waals surface area contributed by atoms with Gasteiger partial charge in [0.1, 0.15) is 24.5 Å². The number of nitrogens with zero attached hydrogens (tertiary/aromatic N) is 5. The van der Waals surface area contributed by atoms with E-state index in [1.807, 2.05) is 0 Å². The molecule has 8 heteroatoms. The van der Waals surface area contributed by atoms with Crippen molar-refractivity contribution >= 4 is 5.91 Å². The van der Waals surface area contributed by atoms with E-state index < -0.39 is 0 Å². The molecule has 0 unspecified atom stereocenters. The fourth-order valence-electron chi connectivity index (χ4n) is 3.42. The van der Waals surface area contributed by atoms with Crippen molar-refractivity contribution in [3.8, 4) is 5.88 Å². The van der Waals surface area contributed by atoms with Gasteiger partial charge in [-0.05, 0) is 31.6 Å². The van der Waals surface area contributed by atoms with Gasteiger partial charge in [-0.3, -0.25) is 4.79 Å². The Morgan fingerprint density at radius 1 is 1.27 bits per heavy atom. The van der Waals surface area contributed by atoms with Gasteiger partial charge in [-0.25, -0.2) is 24.6 Å². The molecule has 1 aliphatic carbocycles. The molecule has 26 heavy (non-hydrogen) atoms. The minimum atomic E-state index is -0.167. The molecule has 0 spiro atoms. The molecule has 4 rings (SSSR count). The van der Waals surface area contributed by atoms with Gasteiger partial charge in [0.05, 0.1) is 19.3 Å². The molecule has 0 radical (unpaired) electrons. The fourth-order valence-corrected chi connectivity index (χ4v) is 3.42. The second-order valence-corrected chi connectivity index (χ2v) is 7.02. The quantitative estimate of drug-likeness (QED) is 0.812. The number of aromatic nitrogens is 4. The lowest BCUT2D eigenvalue weighted by Crippen LogP contribution is -2.49. The topological polar surface area (TPSA) is 82.4 Å². The first-order valence-corrected chi connectivity index (χ1v) is 9.09. The van der Waals surface area contributed by atoms with Gasteiger partial charge in [0.2, 0.25) is 5.88 Å². The van der Waals surface area contributed by atoms with E-state index in [4.69, 9.17) is 9.47 Å². The van der Waals surface area contributed by atoms with Crippen molar-refractivity contribution in [1.29, 1.82) is 0 Å². The minimum absolute atomic E-state index is 0.00237. The predicted molar refractivity (Wildman–Crippen MR) is 93.5 cm³/mol. The molecule has 1 aliphatic heterocycles. The minimum Gasteiger partial charge on any atom is -0.469 e. The van der Waals surface area contributed by atoms with Crippen molar-refractivity contribution in [2.75, 3.05) is 18.2 Å². The van der Waals surface area contributed by atoms with Crippen LogP contribution in [0.4, 0.5) is 0 Å². The van der Waals surface area contributed by atoms with Crippen LogP contribution in [0.25, 0.3) is 0 Å². The van der Waals surface area contributed by atoms with Gasteiger partial charge in [-0.2, -0.15) is 0 Å². The summed E-state index contributed by atoms with van der Waals surface area (Å²) in [6, 6.07) is 1.74. The van der Waals surface area contributed by atoms with E-state index in [-0.39, 0.29) is 18.1 Å². The summed E-state index contributed by atoms with van der Waals surface area (Å²) in [6.07, 6.45) is 10.7. The SMILES string of the molecule is CC1CCC(N(C(=O)c2cc(OC3COC3)ncn2)n2ccnc2)CC1. The number of carbonyl (C=O) groups excluding carboxylic acids is 1. The van der Waals surface area contributed by atoms with Crippen molar-refractivity contribution in [3.05, 3.63) is 36.8 Å². The first-order chi connectivity index (χ1) is 12.7. The van der Waals surface area contributed by atoms with E-state index >= 15 is 0 Å². The fraction of sp³-hybridized carbons (Fsp3) is 0.556. The average Bonchev–Trinajstić information content (AvgIpc) is 3.14. The van der Waals surface area contributed by atoms with Crippen LogP contribution in [0.3, 0.4) is 0 Å².